The van der Waals surface area contributed by atoms with E-state index in [0.717, 1.165) is 12.8 Å². The minimum atomic E-state index is -0.953. The number of likely N-dealkylation sites (tertiary alicyclic amines) is 1. The maximum Gasteiger partial charge on any atom is 0.410 e. The number of amides is 1. The Kier molecular flexibility index (Phi) is 4.38. The minimum Gasteiger partial charge on any atom is -0.478 e. The first-order valence-corrected chi connectivity index (χ1v) is 6.12. The third kappa shape index (κ3) is 4.05. The van der Waals surface area contributed by atoms with Crippen LogP contribution in [-0.4, -0.2) is 40.3 Å². The quantitative estimate of drug-likeness (QED) is 0.769. The summed E-state index contributed by atoms with van der Waals surface area (Å²) in [5.41, 5.74) is -0.272. The normalized spacial score (nSPS) is 21.0. The summed E-state index contributed by atoms with van der Waals surface area (Å²) in [5, 5.41) is 8.85. The van der Waals surface area contributed by atoms with Gasteiger partial charge in [0.15, 0.2) is 0 Å². The Balaban J connectivity index is 2.74. The first-order chi connectivity index (χ1) is 8.20. The molecule has 1 amide bonds. The summed E-state index contributed by atoms with van der Waals surface area (Å²) in [6.07, 6.45) is 2.90. The largest absolute Gasteiger partial charge is 0.478 e. The molecule has 1 heterocycles. The van der Waals surface area contributed by atoms with Gasteiger partial charge in [-0.15, -0.1) is 0 Å². The van der Waals surface area contributed by atoms with Crippen LogP contribution in [-0.2, 0) is 9.53 Å². The van der Waals surface area contributed by atoms with Gasteiger partial charge in [0.1, 0.15) is 5.60 Å². The Hall–Kier alpha value is -1.52. The third-order valence-electron chi connectivity index (χ3n) is 2.71. The molecule has 0 aromatic heterocycles. The van der Waals surface area contributed by atoms with Crippen molar-refractivity contribution < 1.29 is 19.4 Å². The fourth-order valence-corrected chi connectivity index (χ4v) is 1.87. The highest BCUT2D eigenvalue weighted by molar-refractivity contribution is 5.86. The second-order valence-electron chi connectivity index (χ2n) is 5.54. The first kappa shape index (κ1) is 14.5. The number of aliphatic carboxylic acids is 1. The maximum atomic E-state index is 11.9. The van der Waals surface area contributed by atoms with Crippen molar-refractivity contribution in [1.82, 2.24) is 4.90 Å². The van der Waals surface area contributed by atoms with Crippen LogP contribution in [0.5, 0.6) is 0 Å². The second kappa shape index (κ2) is 5.42. The van der Waals surface area contributed by atoms with Crippen molar-refractivity contribution in [2.45, 2.75) is 52.2 Å². The van der Waals surface area contributed by atoms with Crippen molar-refractivity contribution in [2.75, 3.05) is 6.54 Å². The van der Waals surface area contributed by atoms with Gasteiger partial charge in [-0.3, -0.25) is 0 Å². The van der Waals surface area contributed by atoms with Gasteiger partial charge >= 0.3 is 12.1 Å². The molecule has 1 rings (SSSR count). The topological polar surface area (TPSA) is 66.8 Å². The zero-order valence-electron chi connectivity index (χ0n) is 11.4. The fourth-order valence-electron chi connectivity index (χ4n) is 1.87. The SMILES string of the molecule is CC(=C[C@@H]1CCCN1C(=O)OC(C)(C)C)C(=O)O. The van der Waals surface area contributed by atoms with Gasteiger partial charge in [-0.05, 0) is 40.5 Å². The van der Waals surface area contributed by atoms with Crippen molar-refractivity contribution in [3.05, 3.63) is 11.6 Å². The van der Waals surface area contributed by atoms with E-state index in [-0.39, 0.29) is 17.7 Å². The molecule has 0 unspecified atom stereocenters. The monoisotopic (exact) mass is 255 g/mol. The lowest BCUT2D eigenvalue weighted by Gasteiger charge is -2.27. The summed E-state index contributed by atoms with van der Waals surface area (Å²) in [6.45, 7) is 7.59. The number of carboxylic acids is 1. The molecule has 0 radical (unpaired) electrons. The molecule has 1 aliphatic heterocycles. The van der Waals surface area contributed by atoms with Crippen molar-refractivity contribution in [1.29, 1.82) is 0 Å². The van der Waals surface area contributed by atoms with E-state index in [2.05, 4.69) is 0 Å². The molecule has 5 heteroatoms. The number of carboxylic acid groups (broad SMARTS) is 1. The summed E-state index contributed by atoms with van der Waals surface area (Å²) < 4.78 is 5.30. The summed E-state index contributed by atoms with van der Waals surface area (Å²) in [7, 11) is 0. The molecule has 1 atom stereocenters. The fraction of sp³-hybridized carbons (Fsp3) is 0.692. The maximum absolute atomic E-state index is 11.9. The number of rotatable bonds is 2. The predicted molar refractivity (Wildman–Crippen MR) is 67.4 cm³/mol. The molecule has 18 heavy (non-hydrogen) atoms. The van der Waals surface area contributed by atoms with Gasteiger partial charge in [-0.25, -0.2) is 9.59 Å². The Morgan fingerprint density at radius 1 is 1.39 bits per heavy atom. The standard InChI is InChI=1S/C13H21NO4/c1-9(11(15)16)8-10-6-5-7-14(10)12(17)18-13(2,3)4/h8,10H,5-7H2,1-4H3,(H,15,16)/t10-/m0/s1. The van der Waals surface area contributed by atoms with E-state index in [1.807, 2.05) is 20.8 Å². The number of ether oxygens (including phenoxy) is 1. The molecule has 0 spiro atoms. The van der Waals surface area contributed by atoms with Crippen LogP contribution in [0.15, 0.2) is 11.6 Å². The molecule has 0 aromatic rings. The van der Waals surface area contributed by atoms with Crippen LogP contribution in [0.25, 0.3) is 0 Å². The summed E-state index contributed by atoms with van der Waals surface area (Å²) >= 11 is 0. The summed E-state index contributed by atoms with van der Waals surface area (Å²) in [6, 6.07) is -0.170. The van der Waals surface area contributed by atoms with E-state index in [4.69, 9.17) is 9.84 Å². The molecule has 1 fully saturated rings. The average molecular weight is 255 g/mol. The van der Waals surface area contributed by atoms with Gasteiger partial charge in [0, 0.05) is 12.1 Å². The number of hydrogen-bond acceptors (Lipinski definition) is 3. The minimum absolute atomic E-state index is 0.170. The van der Waals surface area contributed by atoms with Gasteiger partial charge in [0.2, 0.25) is 0 Å². The summed E-state index contributed by atoms with van der Waals surface area (Å²) in [4.78, 5) is 24.3. The van der Waals surface area contributed by atoms with Crippen LogP contribution in [0.2, 0.25) is 0 Å². The van der Waals surface area contributed by atoms with Crippen molar-refractivity contribution >= 4 is 12.1 Å². The van der Waals surface area contributed by atoms with Crippen LogP contribution < -0.4 is 0 Å². The van der Waals surface area contributed by atoms with Crippen molar-refractivity contribution in [3.8, 4) is 0 Å². The lowest BCUT2D eigenvalue weighted by molar-refractivity contribution is -0.132. The molecule has 102 valence electrons. The van der Waals surface area contributed by atoms with Gasteiger partial charge in [0.25, 0.3) is 0 Å². The molecular weight excluding hydrogens is 234 g/mol. The highest BCUT2D eigenvalue weighted by Gasteiger charge is 2.31. The molecule has 0 bridgehead atoms. The van der Waals surface area contributed by atoms with E-state index in [1.54, 1.807) is 11.0 Å². The molecular formula is C13H21NO4. The zero-order chi connectivity index (χ0) is 13.9. The van der Waals surface area contributed by atoms with E-state index >= 15 is 0 Å². The number of carbonyl (C=O) groups excluding carboxylic acids is 1. The Morgan fingerprint density at radius 2 is 2.00 bits per heavy atom. The molecule has 0 aromatic carbocycles. The first-order valence-electron chi connectivity index (χ1n) is 6.12. The predicted octanol–water partition coefficient (Wildman–Crippen LogP) is 2.42. The van der Waals surface area contributed by atoms with Gasteiger partial charge in [0.05, 0.1) is 6.04 Å². The molecule has 1 N–H and O–H groups in total. The molecule has 1 aliphatic rings. The number of hydrogen-bond donors (Lipinski definition) is 1. The smallest absolute Gasteiger partial charge is 0.410 e. The third-order valence-corrected chi connectivity index (χ3v) is 2.71. The van der Waals surface area contributed by atoms with E-state index < -0.39 is 11.6 Å². The van der Waals surface area contributed by atoms with Crippen LogP contribution in [0.4, 0.5) is 4.79 Å². The van der Waals surface area contributed by atoms with Crippen molar-refractivity contribution in [3.63, 3.8) is 0 Å². The molecule has 0 saturated carbocycles. The average Bonchev–Trinajstić information content (AvgIpc) is 2.62. The van der Waals surface area contributed by atoms with E-state index in [9.17, 15) is 9.59 Å². The number of carbonyl (C=O) groups is 2. The van der Waals surface area contributed by atoms with E-state index in [1.165, 1.54) is 6.92 Å². The highest BCUT2D eigenvalue weighted by atomic mass is 16.6. The van der Waals surface area contributed by atoms with Gasteiger partial charge in [-0.1, -0.05) is 6.08 Å². The highest BCUT2D eigenvalue weighted by Crippen LogP contribution is 2.22. The van der Waals surface area contributed by atoms with Crippen molar-refractivity contribution in [2.24, 2.45) is 0 Å². The van der Waals surface area contributed by atoms with Gasteiger partial charge < -0.3 is 14.7 Å². The van der Waals surface area contributed by atoms with Gasteiger partial charge in [-0.2, -0.15) is 0 Å². The number of nitrogens with zero attached hydrogens (tertiary/aromatic N) is 1. The molecule has 5 nitrogen and oxygen atoms in total. The van der Waals surface area contributed by atoms with E-state index in [0.29, 0.717) is 6.54 Å². The Bertz CT molecular complexity index is 368. The summed E-state index contributed by atoms with van der Waals surface area (Å²) in [5.74, 6) is -0.953. The second-order valence-corrected chi connectivity index (χ2v) is 5.54. The molecule has 1 saturated heterocycles. The Labute approximate surface area is 107 Å². The molecule has 0 aliphatic carbocycles. The van der Waals surface area contributed by atoms with Crippen LogP contribution in [0.1, 0.15) is 40.5 Å². The van der Waals surface area contributed by atoms with Crippen LogP contribution in [0.3, 0.4) is 0 Å². The lowest BCUT2D eigenvalue weighted by atomic mass is 10.1. The Morgan fingerprint density at radius 3 is 2.50 bits per heavy atom. The lowest BCUT2D eigenvalue weighted by Crippen LogP contribution is -2.39. The van der Waals surface area contributed by atoms with Crippen LogP contribution in [0, 0.1) is 0 Å². The zero-order valence-corrected chi connectivity index (χ0v) is 11.4. The van der Waals surface area contributed by atoms with Crippen LogP contribution >= 0.6 is 0 Å².